The van der Waals surface area contributed by atoms with Crippen LogP contribution in [0.4, 0.5) is 10.1 Å². The van der Waals surface area contributed by atoms with Crippen LogP contribution in [-0.4, -0.2) is 50.5 Å². The molecule has 3 rings (SSSR count). The number of hydrogen-bond acceptors (Lipinski definition) is 5. The highest BCUT2D eigenvalue weighted by Gasteiger charge is 2.31. The predicted octanol–water partition coefficient (Wildman–Crippen LogP) is 3.83. The Morgan fingerprint density at radius 2 is 2.03 bits per heavy atom. The number of aliphatic carboxylic acids is 1. The molecule has 3 N–H and O–H groups in total. The summed E-state index contributed by atoms with van der Waals surface area (Å²) >= 11 is 0. The highest BCUT2D eigenvalue weighted by molar-refractivity contribution is 7.82. The SMILES string of the molecule is C=C1CN(S(=O)c2ccc(OC(C)C)cc2)CC1Nc1cc(F)ccc1C(=N)CC(=O)O. The van der Waals surface area contributed by atoms with Crippen molar-refractivity contribution in [1.82, 2.24) is 4.31 Å². The lowest BCUT2D eigenvalue weighted by Crippen LogP contribution is -2.28. The van der Waals surface area contributed by atoms with Crippen molar-refractivity contribution in [3.8, 4) is 5.75 Å². The van der Waals surface area contributed by atoms with Crippen LogP contribution in [0.3, 0.4) is 0 Å². The molecule has 0 aliphatic carbocycles. The summed E-state index contributed by atoms with van der Waals surface area (Å²) in [6.45, 7) is 8.66. The van der Waals surface area contributed by atoms with Gasteiger partial charge in [0, 0.05) is 24.3 Å². The average molecular weight is 460 g/mol. The number of carboxylic acids is 1. The molecule has 1 saturated heterocycles. The zero-order valence-corrected chi connectivity index (χ0v) is 18.7. The van der Waals surface area contributed by atoms with Crippen LogP contribution in [0.25, 0.3) is 0 Å². The molecule has 0 saturated carbocycles. The first-order valence-corrected chi connectivity index (χ1v) is 11.2. The Bertz CT molecular complexity index is 1060. The lowest BCUT2D eigenvalue weighted by atomic mass is 10.0. The van der Waals surface area contributed by atoms with E-state index in [-0.39, 0.29) is 17.9 Å². The van der Waals surface area contributed by atoms with Gasteiger partial charge in [0.25, 0.3) is 0 Å². The van der Waals surface area contributed by atoms with Gasteiger partial charge in [-0.1, -0.05) is 6.58 Å². The van der Waals surface area contributed by atoms with E-state index in [1.54, 1.807) is 28.6 Å². The second-order valence-corrected chi connectivity index (χ2v) is 9.29. The third kappa shape index (κ3) is 5.80. The van der Waals surface area contributed by atoms with E-state index in [4.69, 9.17) is 15.3 Å². The Morgan fingerprint density at radius 1 is 1.34 bits per heavy atom. The normalized spacial score (nSPS) is 17.4. The number of halogens is 1. The molecule has 0 radical (unpaired) electrons. The topological polar surface area (TPSA) is 103 Å². The van der Waals surface area contributed by atoms with Crippen LogP contribution in [0.15, 0.2) is 59.5 Å². The molecular weight excluding hydrogens is 433 g/mol. The minimum absolute atomic E-state index is 0.0461. The van der Waals surface area contributed by atoms with E-state index in [1.165, 1.54) is 18.2 Å². The monoisotopic (exact) mass is 459 g/mol. The smallest absolute Gasteiger partial charge is 0.309 e. The van der Waals surface area contributed by atoms with Gasteiger partial charge < -0.3 is 20.6 Å². The second-order valence-electron chi connectivity index (χ2n) is 7.80. The van der Waals surface area contributed by atoms with E-state index in [1.807, 2.05) is 13.8 Å². The number of anilines is 1. The molecule has 2 aromatic carbocycles. The minimum atomic E-state index is -1.42. The Hall–Kier alpha value is -3.04. The summed E-state index contributed by atoms with van der Waals surface area (Å²) in [7, 11) is -1.42. The minimum Gasteiger partial charge on any atom is -0.491 e. The first-order valence-electron chi connectivity index (χ1n) is 10.1. The van der Waals surface area contributed by atoms with Crippen molar-refractivity contribution >= 4 is 28.4 Å². The quantitative estimate of drug-likeness (QED) is 0.391. The van der Waals surface area contributed by atoms with Crippen molar-refractivity contribution in [2.75, 3.05) is 18.4 Å². The Balaban J connectivity index is 1.72. The van der Waals surface area contributed by atoms with Crippen LogP contribution in [0.1, 0.15) is 25.8 Å². The zero-order valence-electron chi connectivity index (χ0n) is 17.9. The summed E-state index contributed by atoms with van der Waals surface area (Å²) in [5, 5.41) is 20.2. The van der Waals surface area contributed by atoms with Crippen molar-refractivity contribution in [2.45, 2.75) is 37.3 Å². The first-order chi connectivity index (χ1) is 15.1. The van der Waals surface area contributed by atoms with Gasteiger partial charge in [-0.2, -0.15) is 0 Å². The lowest BCUT2D eigenvalue weighted by molar-refractivity contribution is -0.135. The third-order valence-electron chi connectivity index (χ3n) is 4.85. The van der Waals surface area contributed by atoms with Crippen LogP contribution in [-0.2, 0) is 15.8 Å². The number of nitrogens with one attached hydrogen (secondary N) is 2. The van der Waals surface area contributed by atoms with Crippen LogP contribution >= 0.6 is 0 Å². The van der Waals surface area contributed by atoms with Crippen molar-refractivity contribution in [1.29, 1.82) is 5.41 Å². The average Bonchev–Trinajstić information content (AvgIpc) is 3.07. The number of hydrogen-bond donors (Lipinski definition) is 3. The van der Waals surface area contributed by atoms with E-state index in [2.05, 4.69) is 11.9 Å². The number of ether oxygens (including phenoxy) is 1. The van der Waals surface area contributed by atoms with Crippen LogP contribution < -0.4 is 10.1 Å². The Morgan fingerprint density at radius 3 is 2.66 bits per heavy atom. The molecule has 1 fully saturated rings. The van der Waals surface area contributed by atoms with Gasteiger partial charge in [-0.05, 0) is 61.9 Å². The molecular formula is C23H26FN3O4S. The van der Waals surface area contributed by atoms with Gasteiger partial charge in [-0.25, -0.2) is 12.9 Å². The fourth-order valence-corrected chi connectivity index (χ4v) is 4.63. The molecule has 0 aromatic heterocycles. The largest absolute Gasteiger partial charge is 0.491 e. The maximum atomic E-state index is 13.9. The van der Waals surface area contributed by atoms with E-state index in [9.17, 15) is 13.4 Å². The number of rotatable bonds is 9. The highest BCUT2D eigenvalue weighted by Crippen LogP contribution is 2.27. The zero-order chi connectivity index (χ0) is 23.4. The molecule has 0 bridgehead atoms. The fourth-order valence-electron chi connectivity index (χ4n) is 3.40. The molecule has 1 aliphatic rings. The van der Waals surface area contributed by atoms with Crippen molar-refractivity contribution in [3.05, 3.63) is 66.0 Å². The molecule has 0 spiro atoms. The van der Waals surface area contributed by atoms with Crippen molar-refractivity contribution in [3.63, 3.8) is 0 Å². The summed E-state index contributed by atoms with van der Waals surface area (Å²) in [4.78, 5) is 11.6. The van der Waals surface area contributed by atoms with Gasteiger partial charge in [0.2, 0.25) is 0 Å². The summed E-state index contributed by atoms with van der Waals surface area (Å²) < 4.78 is 34.3. The summed E-state index contributed by atoms with van der Waals surface area (Å²) in [6.07, 6.45) is -0.428. The number of benzene rings is 2. The maximum absolute atomic E-state index is 13.9. The molecule has 1 aliphatic heterocycles. The standard InChI is InChI=1S/C23H26FN3O4S/c1-14(2)31-17-5-7-18(8-6-17)32(30)27-12-15(3)22(13-27)26-21-10-16(24)4-9-19(21)20(25)11-23(28)29/h4-10,14,22,25-26H,3,11-13H2,1-2H3,(H,28,29). The maximum Gasteiger partial charge on any atom is 0.309 e. The van der Waals surface area contributed by atoms with E-state index < -0.39 is 29.2 Å². The molecule has 1 heterocycles. The van der Waals surface area contributed by atoms with E-state index >= 15 is 0 Å². The molecule has 0 amide bonds. The van der Waals surface area contributed by atoms with Gasteiger partial charge in [0.15, 0.2) is 0 Å². The third-order valence-corrected chi connectivity index (χ3v) is 6.28. The molecule has 2 aromatic rings. The van der Waals surface area contributed by atoms with Gasteiger partial charge in [0.1, 0.15) is 22.6 Å². The summed E-state index contributed by atoms with van der Waals surface area (Å²) in [5.41, 5.74) is 1.25. The van der Waals surface area contributed by atoms with Gasteiger partial charge in [0.05, 0.1) is 29.2 Å². The van der Waals surface area contributed by atoms with E-state index in [0.717, 1.165) is 5.57 Å². The fraction of sp³-hybridized carbons (Fsp3) is 0.304. The number of carboxylic acid groups (broad SMARTS) is 1. The Kier molecular flexibility index (Phi) is 7.42. The predicted molar refractivity (Wildman–Crippen MR) is 122 cm³/mol. The molecule has 2 unspecified atom stereocenters. The molecule has 9 heteroatoms. The number of carbonyl (C=O) groups is 1. The van der Waals surface area contributed by atoms with Crippen LogP contribution in [0.5, 0.6) is 5.75 Å². The van der Waals surface area contributed by atoms with E-state index in [0.29, 0.717) is 35.0 Å². The second kappa shape index (κ2) is 10.1. The van der Waals surface area contributed by atoms with Gasteiger partial charge in [-0.15, -0.1) is 0 Å². The van der Waals surface area contributed by atoms with Crippen molar-refractivity contribution < 1.29 is 23.2 Å². The molecule has 7 nitrogen and oxygen atoms in total. The van der Waals surface area contributed by atoms with Crippen molar-refractivity contribution in [2.24, 2.45) is 0 Å². The first kappa shape index (κ1) is 23.6. The van der Waals surface area contributed by atoms with Gasteiger partial charge in [-0.3, -0.25) is 4.79 Å². The van der Waals surface area contributed by atoms with Crippen LogP contribution in [0.2, 0.25) is 0 Å². The molecule has 32 heavy (non-hydrogen) atoms. The van der Waals surface area contributed by atoms with Gasteiger partial charge >= 0.3 is 5.97 Å². The molecule has 170 valence electrons. The Labute approximate surface area is 189 Å². The number of nitrogens with zero attached hydrogens (tertiary/aromatic N) is 1. The summed E-state index contributed by atoms with van der Waals surface area (Å²) in [5.74, 6) is -0.942. The van der Waals surface area contributed by atoms with Crippen LogP contribution in [0, 0.1) is 11.2 Å². The molecule has 2 atom stereocenters. The highest BCUT2D eigenvalue weighted by atomic mass is 32.2. The summed E-state index contributed by atoms with van der Waals surface area (Å²) in [6, 6.07) is 10.5. The lowest BCUT2D eigenvalue weighted by Gasteiger charge is -2.19.